The van der Waals surface area contributed by atoms with E-state index in [9.17, 15) is 4.79 Å². The van der Waals surface area contributed by atoms with Crippen molar-refractivity contribution in [3.8, 4) is 23.0 Å². The zero-order valence-corrected chi connectivity index (χ0v) is 19.1. The van der Waals surface area contributed by atoms with Gasteiger partial charge in [0, 0.05) is 15.6 Å². The Morgan fingerprint density at radius 1 is 1.12 bits per heavy atom. The first-order valence-corrected chi connectivity index (χ1v) is 10.8. The third-order valence-electron chi connectivity index (χ3n) is 4.78. The van der Waals surface area contributed by atoms with Gasteiger partial charge < -0.3 is 18.9 Å². The minimum atomic E-state index is -0.790. The minimum absolute atomic E-state index is 0.107. The van der Waals surface area contributed by atoms with Crippen LogP contribution in [0.15, 0.2) is 65.8 Å². The third-order valence-corrected chi connectivity index (χ3v) is 5.36. The molecule has 0 fully saturated rings. The van der Waals surface area contributed by atoms with Crippen LogP contribution in [0, 0.1) is 0 Å². The van der Waals surface area contributed by atoms with Gasteiger partial charge in [-0.15, -0.1) is 0 Å². The number of benzene rings is 3. The average molecular weight is 487 g/mol. The second kappa shape index (κ2) is 10.5. The van der Waals surface area contributed by atoms with Crippen LogP contribution in [0.25, 0.3) is 0 Å². The second-order valence-electron chi connectivity index (χ2n) is 7.03. The smallest absolute Gasteiger partial charge is 0.284 e. The maximum atomic E-state index is 12.4. The van der Waals surface area contributed by atoms with Crippen LogP contribution < -0.4 is 24.4 Å². The van der Waals surface area contributed by atoms with Gasteiger partial charge in [-0.1, -0.05) is 41.4 Å². The van der Waals surface area contributed by atoms with E-state index >= 15 is 0 Å². The molecule has 3 aromatic rings. The Morgan fingerprint density at radius 3 is 2.73 bits per heavy atom. The monoisotopic (exact) mass is 486 g/mol. The number of amides is 1. The van der Waals surface area contributed by atoms with Gasteiger partial charge in [0.05, 0.1) is 13.3 Å². The fraction of sp³-hybridized carbons (Fsp3) is 0.167. The quantitative estimate of drug-likeness (QED) is 0.380. The summed E-state index contributed by atoms with van der Waals surface area (Å²) in [7, 11) is 1.54. The maximum Gasteiger partial charge on any atom is 0.284 e. The molecule has 3 aromatic carbocycles. The van der Waals surface area contributed by atoms with Crippen molar-refractivity contribution < 1.29 is 23.7 Å². The van der Waals surface area contributed by atoms with Crippen molar-refractivity contribution in [1.29, 1.82) is 0 Å². The minimum Gasteiger partial charge on any atom is -0.493 e. The van der Waals surface area contributed by atoms with Crippen LogP contribution in [0.4, 0.5) is 0 Å². The fourth-order valence-electron chi connectivity index (χ4n) is 3.07. The third kappa shape index (κ3) is 5.69. The van der Waals surface area contributed by atoms with E-state index in [2.05, 4.69) is 10.5 Å². The van der Waals surface area contributed by atoms with Crippen molar-refractivity contribution in [2.45, 2.75) is 12.7 Å². The molecule has 1 aliphatic rings. The van der Waals surface area contributed by atoms with Crippen molar-refractivity contribution in [3.05, 3.63) is 81.8 Å². The van der Waals surface area contributed by atoms with E-state index in [0.29, 0.717) is 38.6 Å². The van der Waals surface area contributed by atoms with E-state index in [1.807, 2.05) is 12.1 Å². The highest BCUT2D eigenvalue weighted by Gasteiger charge is 2.27. The van der Waals surface area contributed by atoms with Gasteiger partial charge in [-0.05, 0) is 48.0 Å². The van der Waals surface area contributed by atoms with Crippen molar-refractivity contribution >= 4 is 35.3 Å². The predicted molar refractivity (Wildman–Crippen MR) is 126 cm³/mol. The molecule has 1 aliphatic heterocycles. The molecule has 4 rings (SSSR count). The molecular weight excluding hydrogens is 467 g/mol. The second-order valence-corrected chi connectivity index (χ2v) is 7.88. The Labute approximate surface area is 200 Å². The van der Waals surface area contributed by atoms with Gasteiger partial charge >= 0.3 is 0 Å². The fourth-order valence-corrected chi connectivity index (χ4v) is 3.53. The van der Waals surface area contributed by atoms with Gasteiger partial charge in [0.2, 0.25) is 6.10 Å². The zero-order valence-electron chi connectivity index (χ0n) is 17.6. The molecule has 1 amide bonds. The summed E-state index contributed by atoms with van der Waals surface area (Å²) in [6.07, 6.45) is 0.708. The number of hydrogen-bond donors (Lipinski definition) is 1. The Balaban J connectivity index is 1.35. The van der Waals surface area contributed by atoms with E-state index < -0.39 is 12.0 Å². The van der Waals surface area contributed by atoms with Crippen LogP contribution in [0.1, 0.15) is 11.1 Å². The van der Waals surface area contributed by atoms with Crippen LogP contribution in [0.5, 0.6) is 23.0 Å². The summed E-state index contributed by atoms with van der Waals surface area (Å²) in [5.74, 6) is 1.77. The number of carbonyl (C=O) groups excluding carboxylic acids is 1. The lowest BCUT2D eigenvalue weighted by atomic mass is 10.2. The highest BCUT2D eigenvalue weighted by Crippen LogP contribution is 2.31. The van der Waals surface area contributed by atoms with Gasteiger partial charge in [-0.2, -0.15) is 5.10 Å². The number of methoxy groups -OCH3 is 1. The SMILES string of the molecule is COc1cc(C=NNC(=O)C2COc3ccccc3O2)ccc1OCc1ccc(Cl)cc1Cl. The van der Waals surface area contributed by atoms with Gasteiger partial charge in [0.25, 0.3) is 5.91 Å². The highest BCUT2D eigenvalue weighted by atomic mass is 35.5. The lowest BCUT2D eigenvalue weighted by molar-refractivity contribution is -0.130. The summed E-state index contributed by atoms with van der Waals surface area (Å²) >= 11 is 12.1. The molecule has 1 N–H and O–H groups in total. The molecule has 0 radical (unpaired) electrons. The van der Waals surface area contributed by atoms with Gasteiger partial charge in [-0.3, -0.25) is 4.79 Å². The number of para-hydroxylation sites is 2. The van der Waals surface area contributed by atoms with E-state index in [1.165, 1.54) is 6.21 Å². The molecule has 7 nitrogen and oxygen atoms in total. The number of hydrazone groups is 1. The Bertz CT molecular complexity index is 1190. The lowest BCUT2D eigenvalue weighted by Gasteiger charge is -2.24. The molecule has 0 aliphatic carbocycles. The summed E-state index contributed by atoms with van der Waals surface area (Å²) in [5, 5.41) is 5.09. The Kier molecular flexibility index (Phi) is 7.22. The Morgan fingerprint density at radius 2 is 1.94 bits per heavy atom. The molecule has 0 saturated heterocycles. The van der Waals surface area contributed by atoms with Crippen LogP contribution >= 0.6 is 23.2 Å². The number of rotatable bonds is 7. The van der Waals surface area contributed by atoms with Crippen LogP contribution in [-0.4, -0.2) is 31.9 Å². The molecule has 0 saturated carbocycles. The molecule has 0 aromatic heterocycles. The number of ether oxygens (including phenoxy) is 4. The Hall–Kier alpha value is -3.42. The standard InChI is InChI=1S/C24H20Cl2N2O5/c1-30-22-10-15(6-9-20(22)31-13-16-7-8-17(25)11-18(16)26)12-27-28-24(29)23-14-32-19-4-2-3-5-21(19)33-23/h2-12,23H,13-14H2,1H3,(H,28,29). The van der Waals surface area contributed by atoms with Crippen LogP contribution in [0.2, 0.25) is 10.0 Å². The number of halogens is 2. The van der Waals surface area contributed by atoms with Crippen molar-refractivity contribution in [2.75, 3.05) is 13.7 Å². The lowest BCUT2D eigenvalue weighted by Crippen LogP contribution is -2.42. The maximum absolute atomic E-state index is 12.4. The first-order chi connectivity index (χ1) is 16.0. The van der Waals surface area contributed by atoms with Crippen molar-refractivity contribution in [2.24, 2.45) is 5.10 Å². The molecule has 1 unspecified atom stereocenters. The first-order valence-electron chi connectivity index (χ1n) is 9.99. The summed E-state index contributed by atoms with van der Waals surface area (Å²) in [6, 6.07) is 17.7. The number of fused-ring (bicyclic) bond motifs is 1. The van der Waals surface area contributed by atoms with E-state index in [0.717, 1.165) is 5.56 Å². The average Bonchev–Trinajstić information content (AvgIpc) is 2.83. The number of nitrogens with zero attached hydrogens (tertiary/aromatic N) is 1. The van der Waals surface area contributed by atoms with Gasteiger partial charge in [0.15, 0.2) is 23.0 Å². The van der Waals surface area contributed by atoms with Gasteiger partial charge in [0.1, 0.15) is 13.2 Å². The van der Waals surface area contributed by atoms with E-state index in [1.54, 1.807) is 55.6 Å². The van der Waals surface area contributed by atoms with E-state index in [4.69, 9.17) is 42.1 Å². The van der Waals surface area contributed by atoms with Crippen molar-refractivity contribution in [1.82, 2.24) is 5.43 Å². The summed E-state index contributed by atoms with van der Waals surface area (Å²) in [4.78, 5) is 12.4. The summed E-state index contributed by atoms with van der Waals surface area (Å²) in [5.41, 5.74) is 3.97. The molecular formula is C24H20Cl2N2O5. The molecule has 33 heavy (non-hydrogen) atoms. The largest absolute Gasteiger partial charge is 0.493 e. The molecule has 0 bridgehead atoms. The predicted octanol–water partition coefficient (Wildman–Crippen LogP) is 4.87. The zero-order chi connectivity index (χ0) is 23.2. The molecule has 0 spiro atoms. The summed E-state index contributed by atoms with van der Waals surface area (Å²) in [6.45, 7) is 0.359. The van der Waals surface area contributed by atoms with Gasteiger partial charge in [-0.25, -0.2) is 5.43 Å². The van der Waals surface area contributed by atoms with Crippen molar-refractivity contribution in [3.63, 3.8) is 0 Å². The molecule has 1 atom stereocenters. The topological polar surface area (TPSA) is 78.4 Å². The first kappa shape index (κ1) is 22.8. The number of nitrogens with one attached hydrogen (secondary N) is 1. The highest BCUT2D eigenvalue weighted by molar-refractivity contribution is 6.35. The molecule has 9 heteroatoms. The van der Waals surface area contributed by atoms with Crippen LogP contribution in [0.3, 0.4) is 0 Å². The summed E-state index contributed by atoms with van der Waals surface area (Å²) < 4.78 is 22.5. The van der Waals surface area contributed by atoms with Crippen LogP contribution in [-0.2, 0) is 11.4 Å². The number of carbonyl (C=O) groups is 1. The normalized spacial score (nSPS) is 14.7. The van der Waals surface area contributed by atoms with E-state index in [-0.39, 0.29) is 13.2 Å². The number of hydrogen-bond acceptors (Lipinski definition) is 6. The molecule has 170 valence electrons. The molecule has 1 heterocycles.